The van der Waals surface area contributed by atoms with Crippen LogP contribution >= 0.6 is 0 Å². The van der Waals surface area contributed by atoms with Crippen molar-refractivity contribution in [3.8, 4) is 0 Å². The summed E-state index contributed by atoms with van der Waals surface area (Å²) in [7, 11) is 0. The fourth-order valence-corrected chi connectivity index (χ4v) is 3.51. The highest BCUT2D eigenvalue weighted by molar-refractivity contribution is 5.96. The molecule has 2 amide bonds. The summed E-state index contributed by atoms with van der Waals surface area (Å²) in [4.78, 5) is 26.4. The molecule has 1 N–H and O–H groups in total. The third-order valence-corrected chi connectivity index (χ3v) is 4.80. The molecule has 4 nitrogen and oxygen atoms in total. The van der Waals surface area contributed by atoms with E-state index in [4.69, 9.17) is 0 Å². The predicted molar refractivity (Wildman–Crippen MR) is 74.6 cm³/mol. The van der Waals surface area contributed by atoms with E-state index >= 15 is 0 Å². The second-order valence-electron chi connectivity index (χ2n) is 5.99. The molecule has 0 spiro atoms. The number of hydrogen-bond donors (Lipinski definition) is 1. The number of hydrogen-bond acceptors (Lipinski definition) is 2. The second kappa shape index (κ2) is 5.93. The van der Waals surface area contributed by atoms with Gasteiger partial charge in [0.2, 0.25) is 11.8 Å². The summed E-state index contributed by atoms with van der Waals surface area (Å²) in [5.41, 5.74) is 0. The Balaban J connectivity index is 2.15. The molecule has 0 aromatic rings. The van der Waals surface area contributed by atoms with Crippen LogP contribution in [0.15, 0.2) is 0 Å². The molecule has 2 aliphatic rings. The van der Waals surface area contributed by atoms with Crippen LogP contribution in [0.1, 0.15) is 59.3 Å². The number of carbonyl (C=O) groups excluding carboxylic acids is 2. The SMILES string of the molecule is CCC1CCCC(N2C(=O)C(CC)NC(=O)C2C)C1. The zero-order chi connectivity index (χ0) is 14.0. The zero-order valence-electron chi connectivity index (χ0n) is 12.3. The minimum absolute atomic E-state index is 0.00470. The lowest BCUT2D eigenvalue weighted by molar-refractivity contribution is -0.152. The molecule has 1 heterocycles. The number of piperazine rings is 1. The first kappa shape index (κ1) is 14.4. The third-order valence-electron chi connectivity index (χ3n) is 4.80. The van der Waals surface area contributed by atoms with E-state index in [0.29, 0.717) is 12.3 Å². The van der Waals surface area contributed by atoms with E-state index in [1.165, 1.54) is 19.3 Å². The minimum atomic E-state index is -0.314. The van der Waals surface area contributed by atoms with Gasteiger partial charge in [-0.2, -0.15) is 0 Å². The van der Waals surface area contributed by atoms with Gasteiger partial charge in [-0.25, -0.2) is 0 Å². The maximum absolute atomic E-state index is 12.5. The zero-order valence-corrected chi connectivity index (χ0v) is 12.3. The van der Waals surface area contributed by atoms with Gasteiger partial charge in [0, 0.05) is 6.04 Å². The molecule has 1 saturated carbocycles. The van der Waals surface area contributed by atoms with E-state index in [1.807, 2.05) is 18.7 Å². The van der Waals surface area contributed by atoms with Crippen LogP contribution in [-0.4, -0.2) is 34.8 Å². The summed E-state index contributed by atoms with van der Waals surface area (Å²) < 4.78 is 0. The second-order valence-corrected chi connectivity index (χ2v) is 5.99. The van der Waals surface area contributed by atoms with Crippen molar-refractivity contribution in [1.82, 2.24) is 10.2 Å². The Morgan fingerprint density at radius 1 is 1.21 bits per heavy atom. The van der Waals surface area contributed by atoms with Crippen molar-refractivity contribution in [2.75, 3.05) is 0 Å². The summed E-state index contributed by atoms with van der Waals surface area (Å²) in [6.07, 6.45) is 6.42. The molecule has 4 heteroatoms. The summed E-state index contributed by atoms with van der Waals surface area (Å²) in [6, 6.07) is -0.358. The van der Waals surface area contributed by atoms with Crippen LogP contribution in [-0.2, 0) is 9.59 Å². The number of nitrogens with one attached hydrogen (secondary N) is 1. The molecular formula is C15H26N2O2. The Morgan fingerprint density at radius 2 is 1.95 bits per heavy atom. The molecule has 2 fully saturated rings. The van der Waals surface area contributed by atoms with Crippen LogP contribution in [0.3, 0.4) is 0 Å². The van der Waals surface area contributed by atoms with Crippen LogP contribution in [0.2, 0.25) is 0 Å². The van der Waals surface area contributed by atoms with Crippen LogP contribution in [0, 0.1) is 5.92 Å². The lowest BCUT2D eigenvalue weighted by atomic mass is 9.82. The summed E-state index contributed by atoms with van der Waals surface area (Å²) in [5, 5.41) is 2.83. The van der Waals surface area contributed by atoms with Crippen LogP contribution < -0.4 is 5.32 Å². The fourth-order valence-electron chi connectivity index (χ4n) is 3.51. The minimum Gasteiger partial charge on any atom is -0.343 e. The summed E-state index contributed by atoms with van der Waals surface area (Å²) >= 11 is 0. The summed E-state index contributed by atoms with van der Waals surface area (Å²) in [6.45, 7) is 6.03. The van der Waals surface area contributed by atoms with Gasteiger partial charge < -0.3 is 10.2 Å². The van der Waals surface area contributed by atoms with Gasteiger partial charge in [-0.1, -0.05) is 33.1 Å². The van der Waals surface area contributed by atoms with E-state index in [9.17, 15) is 9.59 Å². The molecule has 0 aromatic heterocycles. The number of carbonyl (C=O) groups is 2. The first-order valence-corrected chi connectivity index (χ1v) is 7.71. The van der Waals surface area contributed by atoms with Gasteiger partial charge in [-0.05, 0) is 32.1 Å². The first-order chi connectivity index (χ1) is 9.08. The van der Waals surface area contributed by atoms with Crippen molar-refractivity contribution in [1.29, 1.82) is 0 Å². The average Bonchev–Trinajstić information content (AvgIpc) is 2.43. The maximum Gasteiger partial charge on any atom is 0.246 e. The van der Waals surface area contributed by atoms with E-state index in [0.717, 1.165) is 12.8 Å². The van der Waals surface area contributed by atoms with E-state index in [1.54, 1.807) is 0 Å². The molecule has 0 aromatic carbocycles. The van der Waals surface area contributed by atoms with Crippen LogP contribution in [0.25, 0.3) is 0 Å². The quantitative estimate of drug-likeness (QED) is 0.850. The maximum atomic E-state index is 12.5. The first-order valence-electron chi connectivity index (χ1n) is 7.71. The molecule has 1 saturated heterocycles. The van der Waals surface area contributed by atoms with Crippen LogP contribution in [0.5, 0.6) is 0 Å². The van der Waals surface area contributed by atoms with Gasteiger partial charge in [-0.15, -0.1) is 0 Å². The average molecular weight is 266 g/mol. The van der Waals surface area contributed by atoms with Crippen LogP contribution in [0.4, 0.5) is 0 Å². The molecule has 4 atom stereocenters. The Kier molecular flexibility index (Phi) is 4.48. The van der Waals surface area contributed by atoms with Gasteiger partial charge in [-0.3, -0.25) is 9.59 Å². The van der Waals surface area contributed by atoms with Gasteiger partial charge in [0.15, 0.2) is 0 Å². The highest BCUT2D eigenvalue weighted by Crippen LogP contribution is 2.32. The molecule has 4 unspecified atom stereocenters. The van der Waals surface area contributed by atoms with Crippen molar-refractivity contribution >= 4 is 11.8 Å². The Morgan fingerprint density at radius 3 is 2.58 bits per heavy atom. The number of rotatable bonds is 3. The van der Waals surface area contributed by atoms with Crippen molar-refractivity contribution in [3.63, 3.8) is 0 Å². The molecule has 0 radical (unpaired) electrons. The molecule has 2 rings (SSSR count). The largest absolute Gasteiger partial charge is 0.343 e. The summed E-state index contributed by atoms with van der Waals surface area (Å²) in [5.74, 6) is 0.838. The Labute approximate surface area is 115 Å². The van der Waals surface area contributed by atoms with Crippen molar-refractivity contribution in [2.24, 2.45) is 5.92 Å². The van der Waals surface area contributed by atoms with E-state index in [-0.39, 0.29) is 29.9 Å². The fraction of sp³-hybridized carbons (Fsp3) is 0.867. The monoisotopic (exact) mass is 266 g/mol. The number of amides is 2. The Bertz CT molecular complexity index is 356. The highest BCUT2D eigenvalue weighted by atomic mass is 16.2. The topological polar surface area (TPSA) is 49.4 Å². The van der Waals surface area contributed by atoms with Gasteiger partial charge in [0.05, 0.1) is 0 Å². The predicted octanol–water partition coefficient (Wildman–Crippen LogP) is 2.08. The molecule has 19 heavy (non-hydrogen) atoms. The molecule has 1 aliphatic heterocycles. The molecular weight excluding hydrogens is 240 g/mol. The third kappa shape index (κ3) is 2.77. The van der Waals surface area contributed by atoms with Gasteiger partial charge in [0.25, 0.3) is 0 Å². The lowest BCUT2D eigenvalue weighted by Gasteiger charge is -2.44. The smallest absolute Gasteiger partial charge is 0.246 e. The van der Waals surface area contributed by atoms with Gasteiger partial charge >= 0.3 is 0 Å². The van der Waals surface area contributed by atoms with E-state index in [2.05, 4.69) is 12.2 Å². The van der Waals surface area contributed by atoms with E-state index < -0.39 is 0 Å². The highest BCUT2D eigenvalue weighted by Gasteiger charge is 2.41. The van der Waals surface area contributed by atoms with Crippen molar-refractivity contribution < 1.29 is 9.59 Å². The van der Waals surface area contributed by atoms with Gasteiger partial charge in [0.1, 0.15) is 12.1 Å². The Hall–Kier alpha value is -1.06. The number of nitrogens with zero attached hydrogens (tertiary/aromatic N) is 1. The van der Waals surface area contributed by atoms with Crippen molar-refractivity contribution in [2.45, 2.75) is 77.4 Å². The molecule has 0 bridgehead atoms. The molecule has 108 valence electrons. The standard InChI is InChI=1S/C15H26N2O2/c1-4-11-7-6-8-12(9-11)17-10(3)14(18)16-13(5-2)15(17)19/h10-13H,4-9H2,1-3H3,(H,16,18). The van der Waals surface area contributed by atoms with Crippen molar-refractivity contribution in [3.05, 3.63) is 0 Å². The lowest BCUT2D eigenvalue weighted by Crippen LogP contribution is -2.65. The normalized spacial score (nSPS) is 36.3. The molecule has 1 aliphatic carbocycles.